The molecule has 7 nitrogen and oxygen atoms in total. The molecule has 0 spiro atoms. The zero-order valence-corrected chi connectivity index (χ0v) is 16.1. The van der Waals surface area contributed by atoms with Crippen molar-refractivity contribution >= 4 is 22.6 Å². The number of aryl methyl sites for hydroxylation is 1. The van der Waals surface area contributed by atoms with Gasteiger partial charge in [-0.25, -0.2) is 4.98 Å². The normalized spacial score (nSPS) is 10.8. The molecule has 0 aliphatic carbocycles. The summed E-state index contributed by atoms with van der Waals surface area (Å²) in [4.78, 5) is 29.8. The van der Waals surface area contributed by atoms with Crippen molar-refractivity contribution in [2.45, 2.75) is 6.54 Å². The van der Waals surface area contributed by atoms with Gasteiger partial charge in [-0.1, -0.05) is 30.3 Å². The highest BCUT2D eigenvalue weighted by Gasteiger charge is 2.16. The van der Waals surface area contributed by atoms with Crippen LogP contribution >= 0.6 is 0 Å². The first-order valence-electron chi connectivity index (χ1n) is 9.10. The van der Waals surface area contributed by atoms with Crippen LogP contribution in [0.4, 0.5) is 5.69 Å². The Labute approximate surface area is 167 Å². The van der Waals surface area contributed by atoms with Crippen LogP contribution in [0, 0.1) is 0 Å². The molecule has 0 unspecified atom stereocenters. The van der Waals surface area contributed by atoms with Gasteiger partial charge in [-0.05, 0) is 29.8 Å². The van der Waals surface area contributed by atoms with Gasteiger partial charge in [-0.15, -0.1) is 0 Å². The third kappa shape index (κ3) is 3.62. The summed E-state index contributed by atoms with van der Waals surface area (Å²) in [6.07, 6.45) is 3.28. The summed E-state index contributed by atoms with van der Waals surface area (Å²) in [7, 11) is 3.41. The number of methoxy groups -OCH3 is 1. The number of para-hydroxylation sites is 1. The second kappa shape index (κ2) is 7.63. The lowest BCUT2D eigenvalue weighted by Crippen LogP contribution is -2.28. The fraction of sp³-hybridized carbons (Fsp3) is 0.136. The fourth-order valence-electron chi connectivity index (χ4n) is 3.30. The zero-order chi connectivity index (χ0) is 20.4. The van der Waals surface area contributed by atoms with Crippen LogP contribution in [0.15, 0.2) is 71.9 Å². The molecule has 146 valence electrons. The lowest BCUT2D eigenvalue weighted by atomic mass is 10.1. The number of aromatic nitrogens is 3. The summed E-state index contributed by atoms with van der Waals surface area (Å²) in [5, 5.41) is 2.78. The minimum Gasteiger partial charge on any atom is -0.497 e. The van der Waals surface area contributed by atoms with Crippen LogP contribution in [0.2, 0.25) is 0 Å². The number of hydrogen-bond donors (Lipinski definition) is 1. The Morgan fingerprint density at radius 2 is 1.93 bits per heavy atom. The highest BCUT2D eigenvalue weighted by Crippen LogP contribution is 2.29. The molecule has 4 rings (SSSR count). The summed E-state index contributed by atoms with van der Waals surface area (Å²) in [5.74, 6) is 0.437. The number of carbonyl (C=O) groups excluding carboxylic acids is 1. The van der Waals surface area contributed by atoms with E-state index in [9.17, 15) is 9.59 Å². The highest BCUT2D eigenvalue weighted by atomic mass is 16.5. The Kier molecular flexibility index (Phi) is 4.87. The molecule has 0 bridgehead atoms. The van der Waals surface area contributed by atoms with Crippen molar-refractivity contribution in [2.75, 3.05) is 12.4 Å². The molecule has 2 heterocycles. The van der Waals surface area contributed by atoms with Crippen molar-refractivity contribution in [3.63, 3.8) is 0 Å². The number of ether oxygens (including phenoxy) is 1. The van der Waals surface area contributed by atoms with Crippen LogP contribution in [0.3, 0.4) is 0 Å². The lowest BCUT2D eigenvalue weighted by Gasteiger charge is -2.08. The Balaban J connectivity index is 1.68. The molecule has 0 fully saturated rings. The van der Waals surface area contributed by atoms with E-state index < -0.39 is 0 Å². The lowest BCUT2D eigenvalue weighted by molar-refractivity contribution is -0.116. The monoisotopic (exact) mass is 388 g/mol. The molecule has 2 aromatic heterocycles. The van der Waals surface area contributed by atoms with Crippen molar-refractivity contribution in [1.29, 1.82) is 0 Å². The molecular formula is C22H20N4O3. The average Bonchev–Trinajstić information content (AvgIpc) is 3.08. The Morgan fingerprint density at radius 3 is 2.69 bits per heavy atom. The third-order valence-corrected chi connectivity index (χ3v) is 4.70. The van der Waals surface area contributed by atoms with E-state index in [-0.39, 0.29) is 18.0 Å². The van der Waals surface area contributed by atoms with Gasteiger partial charge in [0.25, 0.3) is 5.56 Å². The molecule has 0 atom stereocenters. The van der Waals surface area contributed by atoms with Crippen LogP contribution in [0.5, 0.6) is 5.75 Å². The average molecular weight is 388 g/mol. The molecule has 0 saturated heterocycles. The topological polar surface area (TPSA) is 78.1 Å². The standard InChI is InChI=1S/C22H20N4O3/c1-25-12-18(15-7-6-10-17(11-15)29-2)20-21(25)22(28)26(14-23-20)13-19(27)24-16-8-4-3-5-9-16/h3-12,14H,13H2,1-2H3,(H,24,27). The van der Waals surface area contributed by atoms with Gasteiger partial charge in [0.15, 0.2) is 0 Å². The number of amides is 1. The van der Waals surface area contributed by atoms with Crippen LogP contribution in [-0.2, 0) is 18.4 Å². The predicted octanol–water partition coefficient (Wildman–Crippen LogP) is 3.05. The number of anilines is 1. The third-order valence-electron chi connectivity index (χ3n) is 4.70. The van der Waals surface area contributed by atoms with Gasteiger partial charge in [0.05, 0.1) is 13.4 Å². The quantitative estimate of drug-likeness (QED) is 0.570. The number of benzene rings is 2. The van der Waals surface area contributed by atoms with E-state index in [2.05, 4.69) is 10.3 Å². The molecule has 2 aromatic carbocycles. The van der Waals surface area contributed by atoms with Gasteiger partial charge in [0, 0.05) is 24.5 Å². The first kappa shape index (κ1) is 18.5. The fourth-order valence-corrected chi connectivity index (χ4v) is 3.30. The number of nitrogens with zero attached hydrogens (tertiary/aromatic N) is 3. The summed E-state index contributed by atoms with van der Waals surface area (Å²) in [6.45, 7) is -0.115. The maximum absolute atomic E-state index is 13.0. The van der Waals surface area contributed by atoms with Crippen molar-refractivity contribution in [2.24, 2.45) is 7.05 Å². The molecule has 0 saturated carbocycles. The summed E-state index contributed by atoms with van der Waals surface area (Å²) in [6, 6.07) is 16.7. The van der Waals surface area contributed by atoms with Gasteiger partial charge >= 0.3 is 0 Å². The van der Waals surface area contributed by atoms with Crippen molar-refractivity contribution in [1.82, 2.24) is 14.1 Å². The Morgan fingerprint density at radius 1 is 1.14 bits per heavy atom. The molecule has 29 heavy (non-hydrogen) atoms. The van der Waals surface area contributed by atoms with Crippen LogP contribution in [0.25, 0.3) is 22.2 Å². The number of rotatable bonds is 5. The van der Waals surface area contributed by atoms with Crippen molar-refractivity contribution in [3.8, 4) is 16.9 Å². The molecule has 0 radical (unpaired) electrons. The summed E-state index contributed by atoms with van der Waals surface area (Å²) in [5.41, 5.74) is 3.18. The summed E-state index contributed by atoms with van der Waals surface area (Å²) < 4.78 is 8.35. The largest absolute Gasteiger partial charge is 0.497 e. The van der Waals surface area contributed by atoms with Crippen LogP contribution in [0.1, 0.15) is 0 Å². The van der Waals surface area contributed by atoms with Gasteiger partial charge in [-0.2, -0.15) is 0 Å². The minimum absolute atomic E-state index is 0.115. The van der Waals surface area contributed by atoms with Gasteiger partial charge in [-0.3, -0.25) is 14.2 Å². The van der Waals surface area contributed by atoms with E-state index in [1.54, 1.807) is 30.9 Å². The first-order chi connectivity index (χ1) is 14.1. The molecule has 7 heteroatoms. The maximum atomic E-state index is 13.0. The van der Waals surface area contributed by atoms with E-state index in [0.29, 0.717) is 16.7 Å². The molecule has 4 aromatic rings. The van der Waals surface area contributed by atoms with Crippen LogP contribution in [-0.4, -0.2) is 27.1 Å². The van der Waals surface area contributed by atoms with Crippen molar-refractivity contribution < 1.29 is 9.53 Å². The highest BCUT2D eigenvalue weighted by molar-refractivity contribution is 5.93. The van der Waals surface area contributed by atoms with Gasteiger partial charge < -0.3 is 14.6 Å². The number of hydrogen-bond acceptors (Lipinski definition) is 4. The smallest absolute Gasteiger partial charge is 0.278 e. The molecule has 1 N–H and O–H groups in total. The zero-order valence-electron chi connectivity index (χ0n) is 16.1. The number of carbonyl (C=O) groups is 1. The molecular weight excluding hydrogens is 368 g/mol. The van der Waals surface area contributed by atoms with E-state index in [1.807, 2.05) is 48.7 Å². The van der Waals surface area contributed by atoms with E-state index >= 15 is 0 Å². The summed E-state index contributed by atoms with van der Waals surface area (Å²) >= 11 is 0. The van der Waals surface area contributed by atoms with E-state index in [4.69, 9.17) is 4.74 Å². The van der Waals surface area contributed by atoms with Crippen LogP contribution < -0.4 is 15.6 Å². The van der Waals surface area contributed by atoms with E-state index in [1.165, 1.54) is 10.9 Å². The minimum atomic E-state index is -0.290. The van der Waals surface area contributed by atoms with Crippen molar-refractivity contribution in [3.05, 3.63) is 77.5 Å². The predicted molar refractivity (Wildman–Crippen MR) is 112 cm³/mol. The Hall–Kier alpha value is -3.87. The number of fused-ring (bicyclic) bond motifs is 1. The second-order valence-corrected chi connectivity index (χ2v) is 6.67. The molecule has 1 amide bonds. The second-order valence-electron chi connectivity index (χ2n) is 6.67. The van der Waals surface area contributed by atoms with E-state index in [0.717, 1.165) is 16.9 Å². The molecule has 0 aliphatic heterocycles. The maximum Gasteiger partial charge on any atom is 0.278 e. The van der Waals surface area contributed by atoms with Gasteiger partial charge in [0.1, 0.15) is 23.3 Å². The Bertz CT molecular complexity index is 1240. The van der Waals surface area contributed by atoms with Gasteiger partial charge in [0.2, 0.25) is 5.91 Å². The first-order valence-corrected chi connectivity index (χ1v) is 9.10. The SMILES string of the molecule is COc1cccc(-c2cn(C)c3c(=O)n(CC(=O)Nc4ccccc4)cnc23)c1. The molecule has 0 aliphatic rings. The number of nitrogens with one attached hydrogen (secondary N) is 1.